The first-order valence-corrected chi connectivity index (χ1v) is 5.52. The van der Waals surface area contributed by atoms with E-state index in [-0.39, 0.29) is 11.9 Å². The zero-order valence-electron chi connectivity index (χ0n) is 10.2. The SMILES string of the molecule is Cc1cn(CCN2C(=O)NC(C)(C)C2=O)cn1. The molecule has 2 rings (SSSR count). The Kier molecular flexibility index (Phi) is 2.65. The van der Waals surface area contributed by atoms with Crippen LogP contribution >= 0.6 is 0 Å². The summed E-state index contributed by atoms with van der Waals surface area (Å²) in [5, 5.41) is 2.65. The van der Waals surface area contributed by atoms with Crippen LogP contribution in [0.1, 0.15) is 19.5 Å². The van der Waals surface area contributed by atoms with Gasteiger partial charge in [-0.15, -0.1) is 0 Å². The smallest absolute Gasteiger partial charge is 0.325 e. The normalized spacial score (nSPS) is 18.6. The third kappa shape index (κ3) is 2.15. The number of aromatic nitrogens is 2. The molecule has 0 bridgehead atoms. The first kappa shape index (κ1) is 11.6. The van der Waals surface area contributed by atoms with E-state index < -0.39 is 5.54 Å². The first-order chi connectivity index (χ1) is 7.90. The molecule has 1 N–H and O–H groups in total. The Labute approximate surface area is 99.6 Å². The van der Waals surface area contributed by atoms with Crippen molar-refractivity contribution in [1.29, 1.82) is 0 Å². The highest BCUT2D eigenvalue weighted by Gasteiger charge is 2.43. The molecule has 0 aliphatic carbocycles. The van der Waals surface area contributed by atoms with Gasteiger partial charge in [-0.1, -0.05) is 0 Å². The van der Waals surface area contributed by atoms with Crippen molar-refractivity contribution in [2.24, 2.45) is 0 Å². The molecular formula is C11H16N4O2. The Morgan fingerprint density at radius 3 is 2.53 bits per heavy atom. The topological polar surface area (TPSA) is 67.2 Å². The molecule has 17 heavy (non-hydrogen) atoms. The summed E-state index contributed by atoms with van der Waals surface area (Å²) < 4.78 is 1.86. The second-order valence-electron chi connectivity index (χ2n) is 4.76. The zero-order valence-corrected chi connectivity index (χ0v) is 10.2. The van der Waals surface area contributed by atoms with Gasteiger partial charge in [-0.05, 0) is 20.8 Å². The lowest BCUT2D eigenvalue weighted by molar-refractivity contribution is -0.130. The van der Waals surface area contributed by atoms with Crippen molar-refractivity contribution in [1.82, 2.24) is 19.8 Å². The largest absolute Gasteiger partial charge is 0.335 e. The summed E-state index contributed by atoms with van der Waals surface area (Å²) in [6.45, 7) is 6.23. The summed E-state index contributed by atoms with van der Waals surface area (Å²) in [6.07, 6.45) is 3.57. The van der Waals surface area contributed by atoms with Gasteiger partial charge in [-0.2, -0.15) is 0 Å². The average Bonchev–Trinajstić information content (AvgIpc) is 2.70. The lowest BCUT2D eigenvalue weighted by Gasteiger charge is -2.15. The van der Waals surface area contributed by atoms with Gasteiger partial charge in [0.15, 0.2) is 0 Å². The highest BCUT2D eigenvalue weighted by atomic mass is 16.2. The van der Waals surface area contributed by atoms with Crippen LogP contribution in [-0.2, 0) is 11.3 Å². The minimum Gasteiger partial charge on any atom is -0.335 e. The molecule has 0 unspecified atom stereocenters. The van der Waals surface area contributed by atoms with E-state index in [0.717, 1.165) is 5.69 Å². The Hall–Kier alpha value is -1.85. The van der Waals surface area contributed by atoms with Crippen molar-refractivity contribution in [2.45, 2.75) is 32.9 Å². The number of urea groups is 1. The van der Waals surface area contributed by atoms with Crippen LogP contribution in [-0.4, -0.2) is 38.5 Å². The Balaban J connectivity index is 2.00. The molecule has 92 valence electrons. The fourth-order valence-electron chi connectivity index (χ4n) is 1.83. The number of imide groups is 1. The lowest BCUT2D eigenvalue weighted by atomic mass is 10.1. The van der Waals surface area contributed by atoms with Crippen molar-refractivity contribution >= 4 is 11.9 Å². The maximum atomic E-state index is 11.9. The lowest BCUT2D eigenvalue weighted by Crippen LogP contribution is -2.40. The Bertz CT molecular complexity index is 464. The van der Waals surface area contributed by atoms with Gasteiger partial charge in [0.25, 0.3) is 5.91 Å². The van der Waals surface area contributed by atoms with E-state index in [0.29, 0.717) is 13.1 Å². The van der Waals surface area contributed by atoms with Crippen molar-refractivity contribution in [3.63, 3.8) is 0 Å². The van der Waals surface area contributed by atoms with Crippen LogP contribution in [0.5, 0.6) is 0 Å². The third-order valence-electron chi connectivity index (χ3n) is 2.79. The van der Waals surface area contributed by atoms with Crippen LogP contribution in [0.4, 0.5) is 4.79 Å². The summed E-state index contributed by atoms with van der Waals surface area (Å²) in [7, 11) is 0. The summed E-state index contributed by atoms with van der Waals surface area (Å²) in [6, 6.07) is -0.322. The minimum atomic E-state index is -0.790. The van der Waals surface area contributed by atoms with Crippen molar-refractivity contribution < 1.29 is 9.59 Å². The maximum absolute atomic E-state index is 11.9. The molecule has 1 aromatic heterocycles. The number of amides is 3. The number of aryl methyl sites for hydroxylation is 1. The number of rotatable bonds is 3. The number of nitrogens with zero attached hydrogens (tertiary/aromatic N) is 3. The average molecular weight is 236 g/mol. The van der Waals surface area contributed by atoms with E-state index in [1.165, 1.54) is 4.90 Å². The van der Waals surface area contributed by atoms with Gasteiger partial charge in [0.05, 0.1) is 12.0 Å². The van der Waals surface area contributed by atoms with Gasteiger partial charge in [0.1, 0.15) is 5.54 Å². The van der Waals surface area contributed by atoms with E-state index in [2.05, 4.69) is 10.3 Å². The quantitative estimate of drug-likeness (QED) is 0.778. The van der Waals surface area contributed by atoms with Crippen LogP contribution in [0.2, 0.25) is 0 Å². The third-order valence-corrected chi connectivity index (χ3v) is 2.79. The minimum absolute atomic E-state index is 0.181. The molecule has 1 aliphatic heterocycles. The highest BCUT2D eigenvalue weighted by molar-refractivity contribution is 6.06. The fourth-order valence-corrected chi connectivity index (χ4v) is 1.83. The predicted octanol–water partition coefficient (Wildman–Crippen LogP) is 0.522. The van der Waals surface area contributed by atoms with Gasteiger partial charge in [-0.3, -0.25) is 9.69 Å². The molecule has 6 nitrogen and oxygen atoms in total. The fraction of sp³-hybridized carbons (Fsp3) is 0.545. The van der Waals surface area contributed by atoms with Gasteiger partial charge in [0, 0.05) is 19.3 Å². The Morgan fingerprint density at radius 2 is 2.06 bits per heavy atom. The van der Waals surface area contributed by atoms with Crippen LogP contribution < -0.4 is 5.32 Å². The van der Waals surface area contributed by atoms with E-state index in [1.807, 2.05) is 17.7 Å². The van der Waals surface area contributed by atoms with E-state index in [4.69, 9.17) is 0 Å². The van der Waals surface area contributed by atoms with E-state index in [1.54, 1.807) is 20.2 Å². The number of imidazole rings is 1. The van der Waals surface area contributed by atoms with Crippen LogP contribution in [0.25, 0.3) is 0 Å². The van der Waals surface area contributed by atoms with Crippen molar-refractivity contribution in [3.05, 3.63) is 18.2 Å². The molecule has 1 aromatic rings. The highest BCUT2D eigenvalue weighted by Crippen LogP contribution is 2.16. The summed E-state index contributed by atoms with van der Waals surface area (Å²) in [4.78, 5) is 28.8. The molecule has 0 atom stereocenters. The van der Waals surface area contributed by atoms with E-state index in [9.17, 15) is 9.59 Å². The number of carbonyl (C=O) groups excluding carboxylic acids is 2. The van der Waals surface area contributed by atoms with Crippen LogP contribution in [0.3, 0.4) is 0 Å². The predicted molar refractivity (Wildman–Crippen MR) is 61.3 cm³/mol. The molecule has 2 heterocycles. The molecule has 0 radical (unpaired) electrons. The maximum Gasteiger partial charge on any atom is 0.325 e. The van der Waals surface area contributed by atoms with Gasteiger partial charge in [-0.25, -0.2) is 9.78 Å². The molecule has 6 heteroatoms. The molecular weight excluding hydrogens is 220 g/mol. The second kappa shape index (κ2) is 3.87. The van der Waals surface area contributed by atoms with Gasteiger partial charge >= 0.3 is 6.03 Å². The monoisotopic (exact) mass is 236 g/mol. The summed E-state index contributed by atoms with van der Waals surface area (Å²) in [5.41, 5.74) is 0.129. The number of carbonyl (C=O) groups is 2. The molecule has 1 fully saturated rings. The Morgan fingerprint density at radius 1 is 1.35 bits per heavy atom. The van der Waals surface area contributed by atoms with Crippen LogP contribution in [0.15, 0.2) is 12.5 Å². The standard InChI is InChI=1S/C11H16N4O2/c1-8-6-14(7-12-8)4-5-15-9(16)11(2,3)13-10(15)17/h6-7H,4-5H2,1-3H3,(H,13,17). The molecule has 1 aliphatic rings. The summed E-state index contributed by atoms with van der Waals surface area (Å²) >= 11 is 0. The van der Waals surface area contributed by atoms with Crippen LogP contribution in [0, 0.1) is 6.92 Å². The summed E-state index contributed by atoms with van der Waals surface area (Å²) in [5.74, 6) is -0.181. The first-order valence-electron chi connectivity index (χ1n) is 5.52. The molecule has 3 amide bonds. The molecule has 0 saturated carbocycles. The van der Waals surface area contributed by atoms with Gasteiger partial charge in [0.2, 0.25) is 0 Å². The van der Waals surface area contributed by atoms with Crippen molar-refractivity contribution in [2.75, 3.05) is 6.54 Å². The molecule has 0 aromatic carbocycles. The molecule has 1 saturated heterocycles. The number of hydrogen-bond acceptors (Lipinski definition) is 3. The molecule has 0 spiro atoms. The zero-order chi connectivity index (χ0) is 12.6. The van der Waals surface area contributed by atoms with Crippen molar-refractivity contribution in [3.8, 4) is 0 Å². The van der Waals surface area contributed by atoms with Gasteiger partial charge < -0.3 is 9.88 Å². The second-order valence-corrected chi connectivity index (χ2v) is 4.76. The number of nitrogens with one attached hydrogen (secondary N) is 1. The number of hydrogen-bond donors (Lipinski definition) is 1. The van der Waals surface area contributed by atoms with E-state index >= 15 is 0 Å².